The lowest BCUT2D eigenvalue weighted by Gasteiger charge is -2.06. The summed E-state index contributed by atoms with van der Waals surface area (Å²) in [6, 6.07) is 10.1. The average Bonchev–Trinajstić information content (AvgIpc) is 2.92. The van der Waals surface area contributed by atoms with Crippen molar-refractivity contribution in [2.24, 2.45) is 0 Å². The lowest BCUT2D eigenvalue weighted by molar-refractivity contribution is 0.174. The van der Waals surface area contributed by atoms with Gasteiger partial charge in [0, 0.05) is 18.9 Å². The number of nitrogens with zero attached hydrogens (tertiary/aromatic N) is 1. The van der Waals surface area contributed by atoms with Gasteiger partial charge < -0.3 is 14.8 Å². The number of hydrogen-bond donors (Lipinski definition) is 1. The van der Waals surface area contributed by atoms with Gasteiger partial charge in [-0.3, -0.25) is 4.98 Å². The summed E-state index contributed by atoms with van der Waals surface area (Å²) in [5.74, 6) is 1.67. The fraction of sp³-hybridized carbons (Fsp3) is 0.267. The van der Waals surface area contributed by atoms with Crippen LogP contribution in [0.4, 0.5) is 0 Å². The second-order valence-electron chi connectivity index (χ2n) is 4.47. The number of ether oxygens (including phenoxy) is 2. The van der Waals surface area contributed by atoms with E-state index in [2.05, 4.69) is 16.4 Å². The van der Waals surface area contributed by atoms with Crippen LogP contribution in [0, 0.1) is 0 Å². The van der Waals surface area contributed by atoms with Crippen LogP contribution in [-0.2, 0) is 13.0 Å². The normalized spacial score (nSPS) is 12.6. The molecule has 0 unspecified atom stereocenters. The van der Waals surface area contributed by atoms with Crippen molar-refractivity contribution in [1.29, 1.82) is 0 Å². The summed E-state index contributed by atoms with van der Waals surface area (Å²) in [6.45, 7) is 2.11. The average molecular weight is 256 g/mol. The number of rotatable bonds is 5. The SMILES string of the molecule is c1cc(CCNCc2ccc3c(c2)OCO3)ccn1. The van der Waals surface area contributed by atoms with E-state index in [0.717, 1.165) is 31.0 Å². The number of nitrogens with one attached hydrogen (secondary N) is 1. The van der Waals surface area contributed by atoms with Crippen LogP contribution < -0.4 is 14.8 Å². The molecule has 1 aliphatic rings. The number of pyridine rings is 1. The van der Waals surface area contributed by atoms with Crippen molar-refractivity contribution in [1.82, 2.24) is 10.3 Å². The van der Waals surface area contributed by atoms with Crippen molar-refractivity contribution in [3.05, 3.63) is 53.9 Å². The Balaban J connectivity index is 1.48. The van der Waals surface area contributed by atoms with Crippen molar-refractivity contribution in [2.45, 2.75) is 13.0 Å². The van der Waals surface area contributed by atoms with Crippen molar-refractivity contribution in [3.63, 3.8) is 0 Å². The molecule has 4 heteroatoms. The highest BCUT2D eigenvalue weighted by Gasteiger charge is 2.12. The maximum absolute atomic E-state index is 5.36. The summed E-state index contributed by atoms with van der Waals surface area (Å²) in [5.41, 5.74) is 2.51. The van der Waals surface area contributed by atoms with Gasteiger partial charge in [-0.1, -0.05) is 6.07 Å². The lowest BCUT2D eigenvalue weighted by Crippen LogP contribution is -2.16. The molecule has 98 valence electrons. The van der Waals surface area contributed by atoms with E-state index in [1.165, 1.54) is 11.1 Å². The first kappa shape index (κ1) is 12.0. The minimum absolute atomic E-state index is 0.328. The van der Waals surface area contributed by atoms with Crippen molar-refractivity contribution < 1.29 is 9.47 Å². The maximum atomic E-state index is 5.36. The Morgan fingerprint density at radius 3 is 2.74 bits per heavy atom. The number of benzene rings is 1. The largest absolute Gasteiger partial charge is 0.454 e. The summed E-state index contributed by atoms with van der Waals surface area (Å²) in [4.78, 5) is 4.01. The highest BCUT2D eigenvalue weighted by atomic mass is 16.7. The third-order valence-electron chi connectivity index (χ3n) is 3.11. The molecule has 0 radical (unpaired) electrons. The van der Waals surface area contributed by atoms with Crippen molar-refractivity contribution >= 4 is 0 Å². The van der Waals surface area contributed by atoms with E-state index in [1.807, 2.05) is 36.7 Å². The Hall–Kier alpha value is -2.07. The first-order valence-corrected chi connectivity index (χ1v) is 6.40. The van der Waals surface area contributed by atoms with E-state index in [-0.39, 0.29) is 0 Å². The molecule has 4 nitrogen and oxygen atoms in total. The molecule has 0 bridgehead atoms. The molecule has 2 aromatic rings. The van der Waals surface area contributed by atoms with Gasteiger partial charge in [-0.2, -0.15) is 0 Å². The molecule has 0 spiro atoms. The Kier molecular flexibility index (Phi) is 3.61. The molecule has 3 rings (SSSR count). The smallest absolute Gasteiger partial charge is 0.231 e. The molecule has 0 amide bonds. The molecular formula is C15H16N2O2. The summed E-state index contributed by atoms with van der Waals surface area (Å²) < 4.78 is 10.6. The van der Waals surface area contributed by atoms with Crippen LogP contribution in [0.25, 0.3) is 0 Å². The topological polar surface area (TPSA) is 43.4 Å². The monoisotopic (exact) mass is 256 g/mol. The zero-order valence-electron chi connectivity index (χ0n) is 10.6. The molecule has 2 heterocycles. The van der Waals surface area contributed by atoms with Gasteiger partial charge in [0.25, 0.3) is 0 Å². The van der Waals surface area contributed by atoms with Crippen LogP contribution in [-0.4, -0.2) is 18.3 Å². The highest BCUT2D eigenvalue weighted by molar-refractivity contribution is 5.44. The fourth-order valence-electron chi connectivity index (χ4n) is 2.07. The van der Waals surface area contributed by atoms with E-state index < -0.39 is 0 Å². The fourth-order valence-corrected chi connectivity index (χ4v) is 2.07. The first-order chi connectivity index (χ1) is 9.42. The van der Waals surface area contributed by atoms with Crippen LogP contribution in [0.1, 0.15) is 11.1 Å². The lowest BCUT2D eigenvalue weighted by atomic mass is 10.2. The van der Waals surface area contributed by atoms with Gasteiger partial charge in [0.1, 0.15) is 0 Å². The Morgan fingerprint density at radius 1 is 1.00 bits per heavy atom. The van der Waals surface area contributed by atoms with E-state index in [4.69, 9.17) is 9.47 Å². The number of fused-ring (bicyclic) bond motifs is 1. The third kappa shape index (κ3) is 3.03. The predicted octanol–water partition coefficient (Wildman–Crippen LogP) is 2.14. The Bertz CT molecular complexity index is 543. The molecule has 1 N–H and O–H groups in total. The van der Waals surface area contributed by atoms with Crippen LogP contribution in [0.5, 0.6) is 11.5 Å². The zero-order chi connectivity index (χ0) is 12.9. The third-order valence-corrected chi connectivity index (χ3v) is 3.11. The van der Waals surface area contributed by atoms with Gasteiger partial charge in [0.15, 0.2) is 11.5 Å². The van der Waals surface area contributed by atoms with Crippen molar-refractivity contribution in [3.8, 4) is 11.5 Å². The minimum Gasteiger partial charge on any atom is -0.454 e. The number of aromatic nitrogens is 1. The molecule has 1 aromatic carbocycles. The van der Waals surface area contributed by atoms with E-state index in [9.17, 15) is 0 Å². The predicted molar refractivity (Wildman–Crippen MR) is 72.2 cm³/mol. The van der Waals surface area contributed by atoms with E-state index >= 15 is 0 Å². The highest BCUT2D eigenvalue weighted by Crippen LogP contribution is 2.32. The molecule has 0 fully saturated rings. The van der Waals surface area contributed by atoms with Gasteiger partial charge in [-0.15, -0.1) is 0 Å². The minimum atomic E-state index is 0.328. The molecule has 0 atom stereocenters. The van der Waals surface area contributed by atoms with Gasteiger partial charge in [0.2, 0.25) is 6.79 Å². The van der Waals surface area contributed by atoms with Gasteiger partial charge in [-0.25, -0.2) is 0 Å². The Labute approximate surface area is 112 Å². The summed E-state index contributed by atoms with van der Waals surface area (Å²) in [6.07, 6.45) is 4.66. The second kappa shape index (κ2) is 5.71. The number of hydrogen-bond acceptors (Lipinski definition) is 4. The van der Waals surface area contributed by atoms with E-state index in [0.29, 0.717) is 6.79 Å². The second-order valence-corrected chi connectivity index (χ2v) is 4.47. The van der Waals surface area contributed by atoms with Crippen molar-refractivity contribution in [2.75, 3.05) is 13.3 Å². The molecular weight excluding hydrogens is 240 g/mol. The Morgan fingerprint density at radius 2 is 1.84 bits per heavy atom. The first-order valence-electron chi connectivity index (χ1n) is 6.40. The summed E-state index contributed by atoms with van der Waals surface area (Å²) in [7, 11) is 0. The standard InChI is InChI=1S/C15H16N2O2/c1-2-14-15(19-11-18-14)9-13(1)10-17-8-5-12-3-6-16-7-4-12/h1-4,6-7,9,17H,5,8,10-11H2. The summed E-state index contributed by atoms with van der Waals surface area (Å²) >= 11 is 0. The molecule has 0 aliphatic carbocycles. The molecule has 1 aromatic heterocycles. The molecule has 0 saturated heterocycles. The summed E-state index contributed by atoms with van der Waals surface area (Å²) in [5, 5.41) is 3.42. The van der Waals surface area contributed by atoms with Crippen LogP contribution in [0.3, 0.4) is 0 Å². The van der Waals surface area contributed by atoms with Gasteiger partial charge >= 0.3 is 0 Å². The van der Waals surface area contributed by atoms with Gasteiger partial charge in [0.05, 0.1) is 0 Å². The van der Waals surface area contributed by atoms with E-state index in [1.54, 1.807) is 0 Å². The quantitative estimate of drug-likeness (QED) is 0.832. The van der Waals surface area contributed by atoms with Crippen LogP contribution >= 0.6 is 0 Å². The molecule has 19 heavy (non-hydrogen) atoms. The molecule has 0 saturated carbocycles. The molecule has 1 aliphatic heterocycles. The van der Waals surface area contributed by atoms with Crippen LogP contribution in [0.2, 0.25) is 0 Å². The maximum Gasteiger partial charge on any atom is 0.231 e. The van der Waals surface area contributed by atoms with Crippen LogP contribution in [0.15, 0.2) is 42.7 Å². The zero-order valence-corrected chi connectivity index (χ0v) is 10.6. The van der Waals surface area contributed by atoms with Gasteiger partial charge in [-0.05, 0) is 48.4 Å².